The maximum atomic E-state index is 12.6. The molecule has 0 radical (unpaired) electrons. The fourth-order valence-corrected chi connectivity index (χ4v) is 3.58. The Bertz CT molecular complexity index is 440. The number of nitrogens with one attached hydrogen (secondary N) is 2. The number of carbonyl (C=O) groups is 1. The van der Waals surface area contributed by atoms with Crippen LogP contribution in [0, 0.1) is 11.3 Å². The Morgan fingerprint density at radius 1 is 1.43 bits per heavy atom. The molecule has 1 amide bonds. The van der Waals surface area contributed by atoms with E-state index in [1.165, 1.54) is 19.3 Å². The van der Waals surface area contributed by atoms with E-state index in [4.69, 9.17) is 0 Å². The number of nitrogens with zero attached hydrogens (tertiary/aromatic N) is 2. The molecule has 2 fully saturated rings. The van der Waals surface area contributed by atoms with Gasteiger partial charge in [0.2, 0.25) is 5.91 Å². The lowest BCUT2D eigenvalue weighted by atomic mass is 9.67. The van der Waals surface area contributed by atoms with Crippen molar-refractivity contribution in [1.29, 1.82) is 0 Å². The third-order valence-corrected chi connectivity index (χ3v) is 4.71. The summed E-state index contributed by atoms with van der Waals surface area (Å²) in [7, 11) is 0. The summed E-state index contributed by atoms with van der Waals surface area (Å²) in [5.74, 6) is 0.789. The van der Waals surface area contributed by atoms with E-state index in [-0.39, 0.29) is 36.1 Å². The van der Waals surface area contributed by atoms with E-state index in [2.05, 4.69) is 15.6 Å². The van der Waals surface area contributed by atoms with E-state index >= 15 is 0 Å². The van der Waals surface area contributed by atoms with Crippen LogP contribution in [-0.4, -0.2) is 35.1 Å². The van der Waals surface area contributed by atoms with Crippen molar-refractivity contribution in [1.82, 2.24) is 20.2 Å². The third kappa shape index (κ3) is 3.71. The molecule has 3 rings (SSSR count). The van der Waals surface area contributed by atoms with Crippen LogP contribution in [0.25, 0.3) is 0 Å². The molecule has 7 heteroatoms. The Balaban J connectivity index is 0.00000110. The third-order valence-electron chi connectivity index (χ3n) is 4.71. The summed E-state index contributed by atoms with van der Waals surface area (Å²) in [5.41, 5.74) is -0.132. The van der Waals surface area contributed by atoms with Crippen LogP contribution in [0.1, 0.15) is 25.7 Å². The fourth-order valence-electron chi connectivity index (χ4n) is 3.58. The monoisotopic (exact) mass is 334 g/mol. The van der Waals surface area contributed by atoms with E-state index in [0.29, 0.717) is 12.5 Å². The molecule has 2 aliphatic rings. The van der Waals surface area contributed by atoms with Gasteiger partial charge in [-0.3, -0.25) is 4.79 Å². The SMILES string of the molecule is Cl.Cl.O=C(NCCn1ccnc1)[C@@]12CCCC[C@H]1CNC2. The molecule has 5 nitrogen and oxygen atoms in total. The van der Waals surface area contributed by atoms with Gasteiger partial charge in [-0.15, -0.1) is 24.8 Å². The molecule has 2 atom stereocenters. The Labute approximate surface area is 138 Å². The molecule has 21 heavy (non-hydrogen) atoms. The van der Waals surface area contributed by atoms with Crippen LogP contribution in [0.2, 0.25) is 0 Å². The highest BCUT2D eigenvalue weighted by Gasteiger charge is 2.49. The van der Waals surface area contributed by atoms with Gasteiger partial charge in [0.15, 0.2) is 0 Å². The van der Waals surface area contributed by atoms with Crippen LogP contribution in [0.5, 0.6) is 0 Å². The topological polar surface area (TPSA) is 59.0 Å². The Morgan fingerprint density at radius 3 is 3.05 bits per heavy atom. The number of hydrogen-bond acceptors (Lipinski definition) is 3. The lowest BCUT2D eigenvalue weighted by molar-refractivity contribution is -0.134. The first-order valence-corrected chi connectivity index (χ1v) is 7.26. The number of imidazole rings is 1. The van der Waals surface area contributed by atoms with Crippen molar-refractivity contribution >= 4 is 30.7 Å². The first-order chi connectivity index (χ1) is 9.31. The lowest BCUT2D eigenvalue weighted by Crippen LogP contribution is -2.48. The predicted octanol–water partition coefficient (Wildman–Crippen LogP) is 1.62. The van der Waals surface area contributed by atoms with E-state index in [0.717, 1.165) is 26.1 Å². The van der Waals surface area contributed by atoms with Gasteiger partial charge in [-0.1, -0.05) is 12.8 Å². The number of halogens is 2. The maximum absolute atomic E-state index is 12.6. The lowest BCUT2D eigenvalue weighted by Gasteiger charge is -2.37. The largest absolute Gasteiger partial charge is 0.354 e. The van der Waals surface area contributed by atoms with E-state index < -0.39 is 0 Å². The van der Waals surface area contributed by atoms with Gasteiger partial charge < -0.3 is 15.2 Å². The van der Waals surface area contributed by atoms with Crippen LogP contribution in [-0.2, 0) is 11.3 Å². The van der Waals surface area contributed by atoms with Crippen LogP contribution in [0.15, 0.2) is 18.7 Å². The maximum Gasteiger partial charge on any atom is 0.227 e. The molecule has 1 aliphatic carbocycles. The zero-order chi connectivity index (χ0) is 13.1. The number of fused-ring (bicyclic) bond motifs is 1. The van der Waals surface area contributed by atoms with Crippen LogP contribution >= 0.6 is 24.8 Å². The highest BCUT2D eigenvalue weighted by atomic mass is 35.5. The zero-order valence-electron chi connectivity index (χ0n) is 12.1. The minimum atomic E-state index is -0.132. The number of amides is 1. The molecule has 0 aromatic carbocycles. The van der Waals surface area contributed by atoms with E-state index in [1.807, 2.05) is 10.8 Å². The van der Waals surface area contributed by atoms with Crippen LogP contribution in [0.4, 0.5) is 0 Å². The molecule has 1 aliphatic heterocycles. The zero-order valence-corrected chi connectivity index (χ0v) is 13.7. The quantitative estimate of drug-likeness (QED) is 0.879. The highest BCUT2D eigenvalue weighted by molar-refractivity contribution is 5.85. The second kappa shape index (κ2) is 8.01. The van der Waals surface area contributed by atoms with E-state index in [9.17, 15) is 4.79 Å². The highest BCUT2D eigenvalue weighted by Crippen LogP contribution is 2.43. The molecule has 1 aromatic heterocycles. The Hall–Kier alpha value is -0.780. The second-order valence-corrected chi connectivity index (χ2v) is 5.79. The standard InChI is InChI=1S/C14H22N4O.2ClH/c19-13(17-6-8-18-7-5-15-11-18)14-4-2-1-3-12(14)9-16-10-14;;/h5,7,11-12,16H,1-4,6,8-10H2,(H,17,19);2*1H/t12-,14+;;/m0../s1. The molecule has 0 bridgehead atoms. The van der Waals surface area contributed by atoms with Gasteiger partial charge in [0.25, 0.3) is 0 Å². The summed E-state index contributed by atoms with van der Waals surface area (Å²) < 4.78 is 1.99. The van der Waals surface area contributed by atoms with Crippen molar-refractivity contribution in [3.05, 3.63) is 18.7 Å². The van der Waals surface area contributed by atoms with Crippen LogP contribution < -0.4 is 10.6 Å². The van der Waals surface area contributed by atoms with Crippen molar-refractivity contribution in [3.8, 4) is 0 Å². The smallest absolute Gasteiger partial charge is 0.227 e. The molecule has 0 unspecified atom stereocenters. The van der Waals surface area contributed by atoms with Crippen molar-refractivity contribution in [2.75, 3.05) is 19.6 Å². The number of hydrogen-bond donors (Lipinski definition) is 2. The van der Waals surface area contributed by atoms with Gasteiger partial charge in [0.05, 0.1) is 11.7 Å². The Morgan fingerprint density at radius 2 is 2.29 bits per heavy atom. The second-order valence-electron chi connectivity index (χ2n) is 5.79. The average Bonchev–Trinajstić information content (AvgIpc) is 3.08. The average molecular weight is 335 g/mol. The molecule has 2 N–H and O–H groups in total. The number of rotatable bonds is 4. The summed E-state index contributed by atoms with van der Waals surface area (Å²) >= 11 is 0. The summed E-state index contributed by atoms with van der Waals surface area (Å²) in [6.07, 6.45) is 10.2. The summed E-state index contributed by atoms with van der Waals surface area (Å²) in [4.78, 5) is 16.6. The van der Waals surface area contributed by atoms with Crippen LogP contribution in [0.3, 0.4) is 0 Å². The van der Waals surface area contributed by atoms with Crippen molar-refractivity contribution < 1.29 is 4.79 Å². The van der Waals surface area contributed by atoms with Gasteiger partial charge in [-0.2, -0.15) is 0 Å². The first kappa shape index (κ1) is 18.3. The fraction of sp³-hybridized carbons (Fsp3) is 0.714. The molecule has 1 saturated heterocycles. The molecule has 0 spiro atoms. The number of aromatic nitrogens is 2. The Kier molecular flexibility index (Phi) is 6.97. The summed E-state index contributed by atoms with van der Waals surface area (Å²) in [6, 6.07) is 0. The predicted molar refractivity (Wildman–Crippen MR) is 87.0 cm³/mol. The minimum absolute atomic E-state index is 0. The van der Waals surface area contributed by atoms with Gasteiger partial charge in [-0.05, 0) is 25.3 Å². The van der Waals surface area contributed by atoms with Gasteiger partial charge >= 0.3 is 0 Å². The molecular weight excluding hydrogens is 311 g/mol. The van der Waals surface area contributed by atoms with Gasteiger partial charge in [-0.25, -0.2) is 4.98 Å². The van der Waals surface area contributed by atoms with Gasteiger partial charge in [0.1, 0.15) is 0 Å². The van der Waals surface area contributed by atoms with E-state index in [1.54, 1.807) is 12.5 Å². The molecule has 1 saturated carbocycles. The molecule has 2 heterocycles. The summed E-state index contributed by atoms with van der Waals surface area (Å²) in [5, 5.41) is 6.54. The molecule has 1 aromatic rings. The normalized spacial score (nSPS) is 27.1. The molecular formula is C14H24Cl2N4O. The number of carbonyl (C=O) groups excluding carboxylic acids is 1. The molecule has 120 valence electrons. The van der Waals surface area contributed by atoms with Crippen molar-refractivity contribution in [2.45, 2.75) is 32.2 Å². The van der Waals surface area contributed by atoms with Crippen molar-refractivity contribution in [2.24, 2.45) is 11.3 Å². The summed E-state index contributed by atoms with van der Waals surface area (Å²) in [6.45, 7) is 3.34. The minimum Gasteiger partial charge on any atom is -0.354 e. The first-order valence-electron chi connectivity index (χ1n) is 7.26. The van der Waals surface area contributed by atoms with Crippen molar-refractivity contribution in [3.63, 3.8) is 0 Å². The van der Waals surface area contributed by atoms with Gasteiger partial charge in [0, 0.05) is 32.0 Å².